The molecule has 2 N–H and O–H groups in total. The summed E-state index contributed by atoms with van der Waals surface area (Å²) in [7, 11) is 0. The summed E-state index contributed by atoms with van der Waals surface area (Å²) in [5.74, 6) is 0.811. The number of benzene rings is 1. The van der Waals surface area contributed by atoms with Crippen LogP contribution in [0.3, 0.4) is 0 Å². The van der Waals surface area contributed by atoms with Crippen LogP contribution in [-0.4, -0.2) is 11.6 Å². The first-order valence-corrected chi connectivity index (χ1v) is 6.64. The molecule has 0 fully saturated rings. The second-order valence-corrected chi connectivity index (χ2v) is 4.84. The van der Waals surface area contributed by atoms with E-state index in [1.165, 1.54) is 5.56 Å². The van der Waals surface area contributed by atoms with Crippen molar-refractivity contribution in [1.29, 1.82) is 0 Å². The molecule has 17 heavy (non-hydrogen) atoms. The van der Waals surface area contributed by atoms with E-state index in [9.17, 15) is 0 Å². The molecule has 0 atom stereocenters. The first kappa shape index (κ1) is 12.1. The Morgan fingerprint density at radius 1 is 1.35 bits per heavy atom. The quantitative estimate of drug-likeness (QED) is 0.842. The van der Waals surface area contributed by atoms with E-state index in [4.69, 9.17) is 22.7 Å². The fourth-order valence-corrected chi connectivity index (χ4v) is 2.29. The number of ether oxygens (including phenoxy) is 1. The third-order valence-corrected chi connectivity index (χ3v) is 3.33. The van der Waals surface area contributed by atoms with Gasteiger partial charge in [0.05, 0.1) is 6.61 Å². The molecule has 0 aliphatic heterocycles. The van der Waals surface area contributed by atoms with E-state index in [0.717, 1.165) is 17.7 Å². The summed E-state index contributed by atoms with van der Waals surface area (Å²) in [5, 5.41) is 4.21. The van der Waals surface area contributed by atoms with Crippen LogP contribution in [0.2, 0.25) is 0 Å². The SMILES string of the molecule is NC(=S)c1cccc(OCCc2ccsc2)c1. The zero-order valence-electron chi connectivity index (χ0n) is 9.26. The third kappa shape index (κ3) is 3.54. The number of hydrogen-bond donors (Lipinski definition) is 1. The number of thiophene rings is 1. The van der Waals surface area contributed by atoms with Crippen molar-refractivity contribution < 1.29 is 4.74 Å². The van der Waals surface area contributed by atoms with E-state index in [1.54, 1.807) is 11.3 Å². The highest BCUT2D eigenvalue weighted by atomic mass is 32.1. The normalized spacial score (nSPS) is 10.1. The van der Waals surface area contributed by atoms with Crippen LogP contribution in [0.4, 0.5) is 0 Å². The van der Waals surface area contributed by atoms with Crippen molar-refractivity contribution in [2.45, 2.75) is 6.42 Å². The Balaban J connectivity index is 1.90. The Kier molecular flexibility index (Phi) is 4.12. The molecule has 0 aliphatic carbocycles. The van der Waals surface area contributed by atoms with Crippen LogP contribution >= 0.6 is 23.6 Å². The molecular formula is C13H13NOS2. The molecule has 0 aliphatic rings. The molecule has 0 saturated heterocycles. The van der Waals surface area contributed by atoms with Gasteiger partial charge in [-0.25, -0.2) is 0 Å². The number of thiocarbonyl (C=S) groups is 1. The summed E-state index contributed by atoms with van der Waals surface area (Å²) < 4.78 is 5.66. The van der Waals surface area contributed by atoms with Crippen molar-refractivity contribution >= 4 is 28.5 Å². The standard InChI is InChI=1S/C13H13NOS2/c14-13(16)11-2-1-3-12(8-11)15-6-4-10-5-7-17-9-10/h1-3,5,7-9H,4,6H2,(H2,14,16). The van der Waals surface area contributed by atoms with Crippen LogP contribution < -0.4 is 10.5 Å². The van der Waals surface area contributed by atoms with E-state index in [2.05, 4.69) is 16.8 Å². The van der Waals surface area contributed by atoms with Gasteiger partial charge in [-0.2, -0.15) is 11.3 Å². The molecule has 0 bridgehead atoms. The molecule has 0 saturated carbocycles. The minimum atomic E-state index is 0.397. The van der Waals surface area contributed by atoms with Gasteiger partial charge in [0.25, 0.3) is 0 Å². The predicted octanol–water partition coefficient (Wildman–Crippen LogP) is 3.00. The van der Waals surface area contributed by atoms with Crippen LogP contribution in [0, 0.1) is 0 Å². The lowest BCUT2D eigenvalue weighted by atomic mass is 10.2. The van der Waals surface area contributed by atoms with Gasteiger partial charge >= 0.3 is 0 Å². The van der Waals surface area contributed by atoms with Gasteiger partial charge in [-0.05, 0) is 34.5 Å². The molecule has 2 aromatic rings. The van der Waals surface area contributed by atoms with Crippen LogP contribution in [0.1, 0.15) is 11.1 Å². The number of rotatable bonds is 5. The van der Waals surface area contributed by atoms with E-state index in [0.29, 0.717) is 11.6 Å². The highest BCUT2D eigenvalue weighted by molar-refractivity contribution is 7.80. The molecule has 2 nitrogen and oxygen atoms in total. The lowest BCUT2D eigenvalue weighted by molar-refractivity contribution is 0.322. The summed E-state index contributed by atoms with van der Waals surface area (Å²) in [6.07, 6.45) is 0.917. The van der Waals surface area contributed by atoms with Crippen LogP contribution in [0.5, 0.6) is 5.75 Å². The molecule has 0 radical (unpaired) electrons. The Labute approximate surface area is 110 Å². The maximum Gasteiger partial charge on any atom is 0.120 e. The molecule has 0 unspecified atom stereocenters. The lowest BCUT2D eigenvalue weighted by Crippen LogP contribution is -2.09. The average Bonchev–Trinajstić information content (AvgIpc) is 2.82. The van der Waals surface area contributed by atoms with Crippen LogP contribution in [-0.2, 0) is 6.42 Å². The molecule has 1 aromatic carbocycles. The molecular weight excluding hydrogens is 250 g/mol. The van der Waals surface area contributed by atoms with Crippen LogP contribution in [0.25, 0.3) is 0 Å². The summed E-state index contributed by atoms with van der Waals surface area (Å²) in [6, 6.07) is 9.67. The number of nitrogens with two attached hydrogens (primary N) is 1. The highest BCUT2D eigenvalue weighted by Gasteiger charge is 1.99. The van der Waals surface area contributed by atoms with Crippen molar-refractivity contribution in [3.63, 3.8) is 0 Å². The molecule has 1 aromatic heterocycles. The van der Waals surface area contributed by atoms with Crippen molar-refractivity contribution in [2.24, 2.45) is 5.73 Å². The zero-order chi connectivity index (χ0) is 12.1. The molecule has 4 heteroatoms. The molecule has 2 rings (SSSR count). The number of hydrogen-bond acceptors (Lipinski definition) is 3. The highest BCUT2D eigenvalue weighted by Crippen LogP contribution is 2.14. The predicted molar refractivity (Wildman–Crippen MR) is 75.8 cm³/mol. The third-order valence-electron chi connectivity index (χ3n) is 2.36. The van der Waals surface area contributed by atoms with E-state index >= 15 is 0 Å². The summed E-state index contributed by atoms with van der Waals surface area (Å²) in [5.41, 5.74) is 7.71. The van der Waals surface area contributed by atoms with Gasteiger partial charge < -0.3 is 10.5 Å². The Morgan fingerprint density at radius 3 is 2.94 bits per heavy atom. The van der Waals surface area contributed by atoms with Crippen LogP contribution in [0.15, 0.2) is 41.1 Å². The molecule has 0 amide bonds. The van der Waals surface area contributed by atoms with E-state index in [1.807, 2.05) is 24.3 Å². The van der Waals surface area contributed by atoms with Gasteiger partial charge in [-0.1, -0.05) is 24.4 Å². The second-order valence-electron chi connectivity index (χ2n) is 3.62. The van der Waals surface area contributed by atoms with Gasteiger partial charge in [0.1, 0.15) is 10.7 Å². The minimum Gasteiger partial charge on any atom is -0.493 e. The smallest absolute Gasteiger partial charge is 0.120 e. The molecule has 1 heterocycles. The largest absolute Gasteiger partial charge is 0.493 e. The summed E-state index contributed by atoms with van der Waals surface area (Å²) in [6.45, 7) is 0.664. The van der Waals surface area contributed by atoms with Gasteiger partial charge in [-0.3, -0.25) is 0 Å². The summed E-state index contributed by atoms with van der Waals surface area (Å²) >= 11 is 6.63. The molecule has 0 spiro atoms. The lowest BCUT2D eigenvalue weighted by Gasteiger charge is -2.06. The van der Waals surface area contributed by atoms with Crippen molar-refractivity contribution in [3.8, 4) is 5.75 Å². The monoisotopic (exact) mass is 263 g/mol. The Morgan fingerprint density at radius 2 is 2.24 bits per heavy atom. The van der Waals surface area contributed by atoms with Gasteiger partial charge in [-0.15, -0.1) is 0 Å². The van der Waals surface area contributed by atoms with Gasteiger partial charge in [0.2, 0.25) is 0 Å². The zero-order valence-corrected chi connectivity index (χ0v) is 10.9. The van der Waals surface area contributed by atoms with Gasteiger partial charge in [0.15, 0.2) is 0 Å². The first-order valence-electron chi connectivity index (χ1n) is 5.29. The maximum atomic E-state index is 5.66. The van der Waals surface area contributed by atoms with E-state index in [-0.39, 0.29) is 0 Å². The minimum absolute atomic E-state index is 0.397. The summed E-state index contributed by atoms with van der Waals surface area (Å²) in [4.78, 5) is 0.397. The fourth-order valence-electron chi connectivity index (χ4n) is 1.46. The Hall–Kier alpha value is -1.39. The van der Waals surface area contributed by atoms with Crippen molar-refractivity contribution in [1.82, 2.24) is 0 Å². The second kappa shape index (κ2) is 5.80. The molecule has 88 valence electrons. The van der Waals surface area contributed by atoms with E-state index < -0.39 is 0 Å². The maximum absolute atomic E-state index is 5.66. The first-order chi connectivity index (χ1) is 8.25. The van der Waals surface area contributed by atoms with Gasteiger partial charge in [0, 0.05) is 12.0 Å². The Bertz CT molecular complexity index is 494. The van der Waals surface area contributed by atoms with Crippen molar-refractivity contribution in [2.75, 3.05) is 6.61 Å². The average molecular weight is 263 g/mol. The fraction of sp³-hybridized carbons (Fsp3) is 0.154. The van der Waals surface area contributed by atoms with Crippen molar-refractivity contribution in [3.05, 3.63) is 52.2 Å². The topological polar surface area (TPSA) is 35.2 Å².